The highest BCUT2D eigenvalue weighted by atomic mass is 16.7. The Morgan fingerprint density at radius 2 is 2.17 bits per heavy atom. The van der Waals surface area contributed by atoms with E-state index in [1.807, 2.05) is 35.1 Å². The Morgan fingerprint density at radius 1 is 1.22 bits per heavy atom. The van der Waals surface area contributed by atoms with Crippen LogP contribution in [0.25, 0.3) is 11.4 Å². The van der Waals surface area contributed by atoms with Gasteiger partial charge in [0.2, 0.25) is 18.5 Å². The lowest BCUT2D eigenvalue weighted by Gasteiger charge is -2.01. The third-order valence-electron chi connectivity index (χ3n) is 3.45. The van der Waals surface area contributed by atoms with Crippen LogP contribution in [0.1, 0.15) is 5.89 Å². The summed E-state index contributed by atoms with van der Waals surface area (Å²) in [5.41, 5.74) is 0.834. The van der Waals surface area contributed by atoms with E-state index in [1.54, 1.807) is 6.20 Å². The van der Waals surface area contributed by atoms with Crippen LogP contribution in [0.2, 0.25) is 0 Å². The summed E-state index contributed by atoms with van der Waals surface area (Å²) in [6.07, 6.45) is 3.68. The largest absolute Gasteiger partial charge is 0.454 e. The van der Waals surface area contributed by atoms with Crippen molar-refractivity contribution in [3.8, 4) is 22.9 Å². The number of ether oxygens (including phenoxy) is 2. The van der Waals surface area contributed by atoms with Crippen molar-refractivity contribution in [2.75, 3.05) is 13.3 Å². The van der Waals surface area contributed by atoms with Gasteiger partial charge in [0.15, 0.2) is 11.5 Å². The summed E-state index contributed by atoms with van der Waals surface area (Å²) in [5, 5.41) is 11.4. The summed E-state index contributed by atoms with van der Waals surface area (Å²) >= 11 is 0. The molecule has 1 aliphatic heterocycles. The zero-order valence-corrected chi connectivity index (χ0v) is 12.3. The van der Waals surface area contributed by atoms with Gasteiger partial charge in [-0.2, -0.15) is 10.1 Å². The van der Waals surface area contributed by atoms with E-state index in [1.165, 1.54) is 0 Å². The topological polar surface area (TPSA) is 87.2 Å². The lowest BCUT2D eigenvalue weighted by atomic mass is 10.2. The zero-order valence-electron chi connectivity index (χ0n) is 12.3. The van der Waals surface area contributed by atoms with Gasteiger partial charge in [-0.3, -0.25) is 4.68 Å². The summed E-state index contributed by atoms with van der Waals surface area (Å²) in [6.45, 7) is 2.31. The summed E-state index contributed by atoms with van der Waals surface area (Å²) in [5.74, 6) is 2.51. The smallest absolute Gasteiger partial charge is 0.240 e. The number of hydrogen-bond acceptors (Lipinski definition) is 7. The average Bonchev–Trinajstić information content (AvgIpc) is 3.31. The molecule has 0 atom stereocenters. The number of nitrogens with one attached hydrogen (secondary N) is 1. The molecule has 3 aromatic rings. The number of hydrogen-bond donors (Lipinski definition) is 1. The summed E-state index contributed by atoms with van der Waals surface area (Å²) in [4.78, 5) is 4.38. The maximum Gasteiger partial charge on any atom is 0.240 e. The first-order valence-corrected chi connectivity index (χ1v) is 7.29. The lowest BCUT2D eigenvalue weighted by Crippen LogP contribution is -2.19. The van der Waals surface area contributed by atoms with E-state index < -0.39 is 0 Å². The second-order valence-electron chi connectivity index (χ2n) is 5.03. The fourth-order valence-electron chi connectivity index (χ4n) is 2.30. The molecule has 0 saturated carbocycles. The van der Waals surface area contributed by atoms with Crippen LogP contribution < -0.4 is 14.8 Å². The van der Waals surface area contributed by atoms with Crippen LogP contribution >= 0.6 is 0 Å². The minimum atomic E-state index is 0.246. The van der Waals surface area contributed by atoms with Crippen molar-refractivity contribution in [3.63, 3.8) is 0 Å². The number of benzene rings is 1. The molecule has 0 unspecified atom stereocenters. The Labute approximate surface area is 132 Å². The van der Waals surface area contributed by atoms with Crippen molar-refractivity contribution in [2.24, 2.45) is 0 Å². The highest BCUT2D eigenvalue weighted by Gasteiger charge is 2.16. The van der Waals surface area contributed by atoms with Gasteiger partial charge in [-0.05, 0) is 24.3 Å². The third kappa shape index (κ3) is 3.02. The van der Waals surface area contributed by atoms with Gasteiger partial charge >= 0.3 is 0 Å². The van der Waals surface area contributed by atoms with Crippen molar-refractivity contribution in [1.82, 2.24) is 25.2 Å². The van der Waals surface area contributed by atoms with E-state index in [0.29, 0.717) is 24.0 Å². The normalized spacial score (nSPS) is 12.7. The van der Waals surface area contributed by atoms with E-state index in [9.17, 15) is 0 Å². The van der Waals surface area contributed by atoms with Crippen LogP contribution in [0.3, 0.4) is 0 Å². The van der Waals surface area contributed by atoms with Gasteiger partial charge in [-0.25, -0.2) is 0 Å². The van der Waals surface area contributed by atoms with Gasteiger partial charge in [-0.15, -0.1) is 0 Å². The molecule has 1 aromatic carbocycles. The van der Waals surface area contributed by atoms with Gasteiger partial charge < -0.3 is 19.3 Å². The van der Waals surface area contributed by atoms with Gasteiger partial charge in [0.25, 0.3) is 0 Å². The molecular weight excluding hydrogens is 298 g/mol. The van der Waals surface area contributed by atoms with E-state index >= 15 is 0 Å². The SMILES string of the molecule is c1cnn(CCNCc2nc(-c3ccc4c(c3)OCO4)no2)c1. The van der Waals surface area contributed by atoms with E-state index in [-0.39, 0.29) is 6.79 Å². The second-order valence-corrected chi connectivity index (χ2v) is 5.03. The Morgan fingerprint density at radius 3 is 3.09 bits per heavy atom. The zero-order chi connectivity index (χ0) is 15.5. The van der Waals surface area contributed by atoms with Gasteiger partial charge in [0.05, 0.1) is 13.1 Å². The molecule has 8 nitrogen and oxygen atoms in total. The maximum absolute atomic E-state index is 5.35. The number of aromatic nitrogens is 4. The van der Waals surface area contributed by atoms with Crippen molar-refractivity contribution < 1.29 is 14.0 Å². The predicted molar refractivity (Wildman–Crippen MR) is 79.8 cm³/mol. The summed E-state index contributed by atoms with van der Waals surface area (Å²) < 4.78 is 17.8. The quantitative estimate of drug-likeness (QED) is 0.689. The maximum atomic E-state index is 5.35. The average molecular weight is 313 g/mol. The molecule has 0 amide bonds. The van der Waals surface area contributed by atoms with Crippen LogP contribution in [0, 0.1) is 0 Å². The third-order valence-corrected chi connectivity index (χ3v) is 3.45. The standard InChI is InChI=1S/C15H15N5O3/c1-4-17-20(6-1)7-5-16-9-14-18-15(19-23-14)11-2-3-12-13(8-11)22-10-21-12/h1-4,6,8,16H,5,7,9-10H2. The van der Waals surface area contributed by atoms with Crippen LogP contribution in [-0.4, -0.2) is 33.3 Å². The molecule has 3 heterocycles. The van der Waals surface area contributed by atoms with Gasteiger partial charge in [-0.1, -0.05) is 5.16 Å². The number of fused-ring (bicyclic) bond motifs is 1. The second kappa shape index (κ2) is 6.09. The Kier molecular flexibility index (Phi) is 3.65. The Balaban J connectivity index is 1.35. The molecule has 0 radical (unpaired) electrons. The van der Waals surface area contributed by atoms with E-state index in [4.69, 9.17) is 14.0 Å². The molecule has 1 aliphatic rings. The molecular formula is C15H15N5O3. The molecule has 4 rings (SSSR count). The molecule has 0 bridgehead atoms. The molecule has 0 spiro atoms. The highest BCUT2D eigenvalue weighted by Crippen LogP contribution is 2.35. The minimum absolute atomic E-state index is 0.246. The first-order chi connectivity index (χ1) is 11.4. The summed E-state index contributed by atoms with van der Waals surface area (Å²) in [7, 11) is 0. The van der Waals surface area contributed by atoms with Crippen LogP contribution in [0.4, 0.5) is 0 Å². The van der Waals surface area contributed by atoms with Crippen molar-refractivity contribution in [1.29, 1.82) is 0 Å². The van der Waals surface area contributed by atoms with Crippen LogP contribution in [-0.2, 0) is 13.1 Å². The van der Waals surface area contributed by atoms with Crippen molar-refractivity contribution >= 4 is 0 Å². The van der Waals surface area contributed by atoms with Crippen molar-refractivity contribution in [3.05, 3.63) is 42.5 Å². The first kappa shape index (κ1) is 13.8. The highest BCUT2D eigenvalue weighted by molar-refractivity contribution is 5.61. The molecule has 0 fully saturated rings. The summed E-state index contributed by atoms with van der Waals surface area (Å²) in [6, 6.07) is 7.47. The molecule has 8 heteroatoms. The molecule has 1 N–H and O–H groups in total. The van der Waals surface area contributed by atoms with Gasteiger partial charge in [0.1, 0.15) is 0 Å². The van der Waals surface area contributed by atoms with Crippen LogP contribution in [0.5, 0.6) is 11.5 Å². The Hall–Kier alpha value is -2.87. The lowest BCUT2D eigenvalue weighted by molar-refractivity contribution is 0.174. The Bertz CT molecular complexity index is 784. The van der Waals surface area contributed by atoms with E-state index in [2.05, 4.69) is 20.6 Å². The predicted octanol–water partition coefficient (Wildman–Crippen LogP) is 1.45. The fourth-order valence-corrected chi connectivity index (χ4v) is 2.30. The van der Waals surface area contributed by atoms with E-state index in [0.717, 1.165) is 24.4 Å². The molecule has 23 heavy (non-hydrogen) atoms. The number of nitrogens with zero attached hydrogens (tertiary/aromatic N) is 4. The fraction of sp³-hybridized carbons (Fsp3) is 0.267. The first-order valence-electron chi connectivity index (χ1n) is 7.29. The molecule has 0 aliphatic carbocycles. The number of rotatable bonds is 6. The molecule has 2 aromatic heterocycles. The van der Waals surface area contributed by atoms with Gasteiger partial charge in [0, 0.05) is 24.5 Å². The van der Waals surface area contributed by atoms with Crippen LogP contribution in [0.15, 0.2) is 41.2 Å². The monoisotopic (exact) mass is 313 g/mol. The minimum Gasteiger partial charge on any atom is -0.454 e. The van der Waals surface area contributed by atoms with Crippen molar-refractivity contribution in [2.45, 2.75) is 13.1 Å². The molecule has 118 valence electrons. The molecule has 0 saturated heterocycles.